The van der Waals surface area contributed by atoms with Gasteiger partial charge in [-0.15, -0.1) is 0 Å². The lowest BCUT2D eigenvalue weighted by molar-refractivity contribution is -0.117. The van der Waals surface area contributed by atoms with Crippen LogP contribution in [0.3, 0.4) is 0 Å². The van der Waals surface area contributed by atoms with Crippen LogP contribution in [0.15, 0.2) is 65.8 Å². The maximum Gasteiger partial charge on any atom is 0.264 e. The van der Waals surface area contributed by atoms with E-state index in [-0.39, 0.29) is 22.8 Å². The molecule has 1 aromatic heterocycles. The first-order valence-electron chi connectivity index (χ1n) is 8.73. The molecular weight excluding hydrogens is 411 g/mol. The second kappa shape index (κ2) is 8.78. The predicted molar refractivity (Wildman–Crippen MR) is 106 cm³/mol. The van der Waals surface area contributed by atoms with Crippen LogP contribution in [-0.2, 0) is 21.4 Å². The third-order valence-electron chi connectivity index (χ3n) is 3.94. The van der Waals surface area contributed by atoms with Crippen molar-refractivity contribution in [2.45, 2.75) is 18.4 Å². The molecular formula is C20H17FN4O4S. The van der Waals surface area contributed by atoms with Crippen LogP contribution in [0.2, 0.25) is 0 Å². The molecule has 2 N–H and O–H groups in total. The van der Waals surface area contributed by atoms with Gasteiger partial charge in [0, 0.05) is 31.4 Å². The van der Waals surface area contributed by atoms with Gasteiger partial charge in [-0.2, -0.15) is 0 Å². The van der Waals surface area contributed by atoms with Crippen molar-refractivity contribution in [2.75, 3.05) is 0 Å². The topological polar surface area (TPSA) is 118 Å². The number of nitrogens with one attached hydrogen (secondary N) is 2. The minimum Gasteiger partial charge on any atom is -0.348 e. The molecule has 0 spiro atoms. The van der Waals surface area contributed by atoms with Crippen molar-refractivity contribution >= 4 is 21.8 Å². The van der Waals surface area contributed by atoms with E-state index in [9.17, 15) is 22.4 Å². The summed E-state index contributed by atoms with van der Waals surface area (Å²) in [6, 6.07) is 11.6. The van der Waals surface area contributed by atoms with Crippen molar-refractivity contribution in [3.8, 4) is 11.4 Å². The van der Waals surface area contributed by atoms with E-state index < -0.39 is 27.7 Å². The number of hydrogen-bond acceptors (Lipinski definition) is 6. The Morgan fingerprint density at radius 1 is 1.03 bits per heavy atom. The third kappa shape index (κ3) is 5.23. The first-order valence-corrected chi connectivity index (χ1v) is 10.2. The number of amides is 2. The van der Waals surface area contributed by atoms with E-state index in [4.69, 9.17) is 0 Å². The van der Waals surface area contributed by atoms with Crippen molar-refractivity contribution in [3.05, 3.63) is 77.9 Å². The fourth-order valence-corrected chi connectivity index (χ4v) is 3.64. The van der Waals surface area contributed by atoms with Crippen LogP contribution in [0, 0.1) is 5.82 Å². The van der Waals surface area contributed by atoms with E-state index in [0.29, 0.717) is 11.1 Å². The van der Waals surface area contributed by atoms with E-state index in [1.807, 2.05) is 4.72 Å². The highest BCUT2D eigenvalue weighted by Crippen LogP contribution is 2.15. The van der Waals surface area contributed by atoms with Crippen molar-refractivity contribution in [3.63, 3.8) is 0 Å². The molecule has 0 atom stereocenters. The Labute approximate surface area is 172 Å². The van der Waals surface area contributed by atoms with Gasteiger partial charge >= 0.3 is 0 Å². The van der Waals surface area contributed by atoms with Crippen molar-refractivity contribution in [2.24, 2.45) is 0 Å². The Bertz CT molecular complexity index is 1200. The summed E-state index contributed by atoms with van der Waals surface area (Å²) < 4.78 is 39.3. The standard InChI is InChI=1S/C20H17FN4O4S/c1-13(26)25-30(28,29)18-7-2-4-14(8-18)10-24-20(27)16-11-22-19(23-12-16)15-5-3-6-17(21)9-15/h2-9,11-12H,10H2,1H3,(H,24,27)(H,25,26). The number of rotatable bonds is 6. The zero-order valence-corrected chi connectivity index (χ0v) is 16.6. The number of hydrogen-bond donors (Lipinski definition) is 2. The smallest absolute Gasteiger partial charge is 0.264 e. The van der Waals surface area contributed by atoms with Crippen molar-refractivity contribution in [1.29, 1.82) is 0 Å². The number of carbonyl (C=O) groups excluding carboxylic acids is 2. The molecule has 0 unspecified atom stereocenters. The fourth-order valence-electron chi connectivity index (χ4n) is 2.58. The zero-order chi connectivity index (χ0) is 21.7. The van der Waals surface area contributed by atoms with E-state index in [0.717, 1.165) is 6.92 Å². The van der Waals surface area contributed by atoms with E-state index >= 15 is 0 Å². The molecule has 30 heavy (non-hydrogen) atoms. The van der Waals surface area contributed by atoms with Gasteiger partial charge in [0.15, 0.2) is 5.82 Å². The summed E-state index contributed by atoms with van der Waals surface area (Å²) in [7, 11) is -3.97. The number of aromatic nitrogens is 2. The molecule has 0 aliphatic heterocycles. The van der Waals surface area contributed by atoms with Crippen LogP contribution in [0.5, 0.6) is 0 Å². The summed E-state index contributed by atoms with van der Waals surface area (Å²) in [6.45, 7) is 1.15. The Hall–Kier alpha value is -3.66. The highest BCUT2D eigenvalue weighted by molar-refractivity contribution is 7.90. The number of benzene rings is 2. The molecule has 1 heterocycles. The monoisotopic (exact) mass is 428 g/mol. The maximum absolute atomic E-state index is 13.3. The highest BCUT2D eigenvalue weighted by Gasteiger charge is 2.16. The second-order valence-electron chi connectivity index (χ2n) is 6.30. The van der Waals surface area contributed by atoms with Gasteiger partial charge < -0.3 is 5.32 Å². The highest BCUT2D eigenvalue weighted by atomic mass is 32.2. The lowest BCUT2D eigenvalue weighted by atomic mass is 10.2. The number of halogens is 1. The van der Waals surface area contributed by atoms with Gasteiger partial charge in [0.1, 0.15) is 5.82 Å². The summed E-state index contributed by atoms with van der Waals surface area (Å²) in [5, 5.41) is 2.64. The van der Waals surface area contributed by atoms with Crippen LogP contribution >= 0.6 is 0 Å². The molecule has 3 rings (SSSR count). The average Bonchev–Trinajstić information content (AvgIpc) is 2.71. The predicted octanol–water partition coefficient (Wildman–Crippen LogP) is 2.04. The first kappa shape index (κ1) is 21.1. The van der Waals surface area contributed by atoms with Gasteiger partial charge in [-0.1, -0.05) is 24.3 Å². The number of nitrogens with zero attached hydrogens (tertiary/aromatic N) is 2. The van der Waals surface area contributed by atoms with Gasteiger partial charge in [0.25, 0.3) is 15.9 Å². The summed E-state index contributed by atoms with van der Waals surface area (Å²) in [5.74, 6) is -1.30. The minimum absolute atomic E-state index is 0.0495. The molecule has 0 saturated carbocycles. The Morgan fingerprint density at radius 2 is 1.73 bits per heavy atom. The Morgan fingerprint density at radius 3 is 2.40 bits per heavy atom. The van der Waals surface area contributed by atoms with Gasteiger partial charge in [0.05, 0.1) is 10.5 Å². The SMILES string of the molecule is CC(=O)NS(=O)(=O)c1cccc(CNC(=O)c2cnc(-c3cccc(F)c3)nc2)c1. The number of sulfonamides is 1. The van der Waals surface area contributed by atoms with E-state index in [1.165, 1.54) is 48.8 Å². The molecule has 2 amide bonds. The molecule has 0 saturated heterocycles. The van der Waals surface area contributed by atoms with E-state index in [1.54, 1.807) is 12.1 Å². The molecule has 0 aliphatic rings. The van der Waals surface area contributed by atoms with Crippen LogP contribution in [0.4, 0.5) is 4.39 Å². The molecule has 0 bridgehead atoms. The molecule has 0 aliphatic carbocycles. The minimum atomic E-state index is -3.97. The average molecular weight is 428 g/mol. The van der Waals surface area contributed by atoms with Crippen LogP contribution in [0.1, 0.15) is 22.8 Å². The summed E-state index contributed by atoms with van der Waals surface area (Å²) in [4.78, 5) is 31.4. The van der Waals surface area contributed by atoms with Gasteiger partial charge in [-0.25, -0.2) is 27.5 Å². The summed E-state index contributed by atoms with van der Waals surface area (Å²) in [6.07, 6.45) is 2.64. The molecule has 0 radical (unpaired) electrons. The first-order chi connectivity index (χ1) is 14.2. The fraction of sp³-hybridized carbons (Fsp3) is 0.100. The van der Waals surface area contributed by atoms with Crippen molar-refractivity contribution in [1.82, 2.24) is 20.0 Å². The molecule has 8 nitrogen and oxygen atoms in total. The normalized spacial score (nSPS) is 11.0. The maximum atomic E-state index is 13.3. The molecule has 2 aromatic carbocycles. The second-order valence-corrected chi connectivity index (χ2v) is 7.98. The zero-order valence-electron chi connectivity index (χ0n) is 15.8. The quantitative estimate of drug-likeness (QED) is 0.620. The van der Waals surface area contributed by atoms with Gasteiger partial charge in [0.2, 0.25) is 5.91 Å². The number of carbonyl (C=O) groups is 2. The summed E-state index contributed by atoms with van der Waals surface area (Å²) in [5.41, 5.74) is 1.20. The molecule has 10 heteroatoms. The van der Waals surface area contributed by atoms with Crippen molar-refractivity contribution < 1.29 is 22.4 Å². The van der Waals surface area contributed by atoms with Crippen LogP contribution in [-0.4, -0.2) is 30.2 Å². The van der Waals surface area contributed by atoms with E-state index in [2.05, 4.69) is 15.3 Å². The summed E-state index contributed by atoms with van der Waals surface area (Å²) >= 11 is 0. The third-order valence-corrected chi connectivity index (χ3v) is 5.37. The largest absolute Gasteiger partial charge is 0.348 e. The molecule has 3 aromatic rings. The van der Waals surface area contributed by atoms with Gasteiger partial charge in [-0.3, -0.25) is 9.59 Å². The lowest BCUT2D eigenvalue weighted by Crippen LogP contribution is -2.28. The Kier molecular flexibility index (Phi) is 6.17. The molecule has 154 valence electrons. The molecule has 0 fully saturated rings. The Balaban J connectivity index is 1.67. The van der Waals surface area contributed by atoms with Gasteiger partial charge in [-0.05, 0) is 29.8 Å². The lowest BCUT2D eigenvalue weighted by Gasteiger charge is -2.08. The van der Waals surface area contributed by atoms with Crippen LogP contribution < -0.4 is 10.0 Å². The van der Waals surface area contributed by atoms with Crippen LogP contribution in [0.25, 0.3) is 11.4 Å².